The molecule has 0 saturated heterocycles. The fourth-order valence-corrected chi connectivity index (χ4v) is 1.65. The first-order chi connectivity index (χ1) is 6.59. The van der Waals surface area contributed by atoms with Crippen molar-refractivity contribution in [2.75, 3.05) is 5.32 Å². The fraction of sp³-hybridized carbons (Fsp3) is 0.600. The number of nitrogens with zero attached hydrogens (tertiary/aromatic N) is 1. The predicted octanol–water partition coefficient (Wildman–Crippen LogP) is 1.37. The van der Waals surface area contributed by atoms with Crippen molar-refractivity contribution in [1.82, 2.24) is 9.97 Å². The van der Waals surface area contributed by atoms with Crippen LogP contribution in [-0.2, 0) is 0 Å². The van der Waals surface area contributed by atoms with Crippen molar-refractivity contribution in [2.24, 2.45) is 5.92 Å². The van der Waals surface area contributed by atoms with Crippen molar-refractivity contribution in [3.8, 4) is 0 Å². The number of rotatable bonds is 3. The molecule has 1 heterocycles. The van der Waals surface area contributed by atoms with Crippen LogP contribution in [0.5, 0.6) is 0 Å². The molecule has 1 saturated carbocycles. The Kier molecular flexibility index (Phi) is 2.06. The zero-order chi connectivity index (χ0) is 10.2. The van der Waals surface area contributed by atoms with Gasteiger partial charge in [0, 0.05) is 17.9 Å². The van der Waals surface area contributed by atoms with Crippen LogP contribution >= 0.6 is 0 Å². The van der Waals surface area contributed by atoms with Gasteiger partial charge in [0.1, 0.15) is 0 Å². The molecule has 4 heteroatoms. The molecule has 1 aromatic heterocycles. The molecule has 1 fully saturated rings. The summed E-state index contributed by atoms with van der Waals surface area (Å²) < 4.78 is 0. The highest BCUT2D eigenvalue weighted by atomic mass is 16.1. The monoisotopic (exact) mass is 193 g/mol. The van der Waals surface area contributed by atoms with Crippen LogP contribution < -0.4 is 10.9 Å². The molecule has 4 nitrogen and oxygen atoms in total. The van der Waals surface area contributed by atoms with Gasteiger partial charge >= 0.3 is 0 Å². The van der Waals surface area contributed by atoms with Crippen LogP contribution in [0, 0.1) is 5.92 Å². The average molecular weight is 193 g/mol. The number of hydrogen-bond acceptors (Lipinski definition) is 3. The highest BCUT2D eigenvalue weighted by Crippen LogP contribution is 2.40. The van der Waals surface area contributed by atoms with E-state index in [9.17, 15) is 4.79 Å². The van der Waals surface area contributed by atoms with E-state index in [1.54, 1.807) is 6.20 Å². The van der Waals surface area contributed by atoms with Crippen molar-refractivity contribution >= 4 is 5.82 Å². The maximum Gasteiger partial charge on any atom is 0.290 e. The molecule has 0 aromatic carbocycles. The Hall–Kier alpha value is -1.32. The van der Waals surface area contributed by atoms with E-state index in [2.05, 4.69) is 29.1 Å². The molecule has 14 heavy (non-hydrogen) atoms. The van der Waals surface area contributed by atoms with Gasteiger partial charge in [-0.25, -0.2) is 4.98 Å². The molecule has 2 rings (SSSR count). The van der Waals surface area contributed by atoms with E-state index >= 15 is 0 Å². The molecule has 0 spiro atoms. The first kappa shape index (κ1) is 9.24. The Morgan fingerprint density at radius 1 is 1.57 bits per heavy atom. The Bertz CT molecular complexity index is 379. The number of aromatic nitrogens is 2. The average Bonchev–Trinajstić information content (AvgIpc) is 2.91. The maximum atomic E-state index is 11.4. The third-order valence-electron chi connectivity index (χ3n) is 2.75. The molecule has 2 N–H and O–H groups in total. The molecular weight excluding hydrogens is 178 g/mol. The van der Waals surface area contributed by atoms with Gasteiger partial charge in [-0.1, -0.05) is 0 Å². The Labute approximate surface area is 82.8 Å². The minimum atomic E-state index is -0.152. The van der Waals surface area contributed by atoms with Crippen molar-refractivity contribution in [3.05, 3.63) is 22.7 Å². The standard InChI is InChI=1S/C10H15N3O/c1-10(2,7-3-4-7)13-8-9(14)12-6-5-11-8/h5-7H,3-4H2,1-2H3,(H,11,13)(H,12,14). The summed E-state index contributed by atoms with van der Waals surface area (Å²) in [6.45, 7) is 4.22. The molecule has 0 atom stereocenters. The molecule has 1 aliphatic rings. The van der Waals surface area contributed by atoms with Gasteiger partial charge in [-0.15, -0.1) is 0 Å². The number of aromatic amines is 1. The fourth-order valence-electron chi connectivity index (χ4n) is 1.65. The topological polar surface area (TPSA) is 57.8 Å². The van der Waals surface area contributed by atoms with Crippen LogP contribution in [0.25, 0.3) is 0 Å². The molecule has 0 radical (unpaired) electrons. The van der Waals surface area contributed by atoms with Crippen molar-refractivity contribution in [1.29, 1.82) is 0 Å². The maximum absolute atomic E-state index is 11.4. The molecule has 76 valence electrons. The summed E-state index contributed by atoms with van der Waals surface area (Å²) >= 11 is 0. The summed E-state index contributed by atoms with van der Waals surface area (Å²) in [6.07, 6.45) is 5.61. The summed E-state index contributed by atoms with van der Waals surface area (Å²) in [4.78, 5) is 18.0. The number of hydrogen-bond donors (Lipinski definition) is 2. The van der Waals surface area contributed by atoms with E-state index in [0.29, 0.717) is 11.7 Å². The summed E-state index contributed by atoms with van der Waals surface area (Å²) in [5.74, 6) is 1.09. The van der Waals surface area contributed by atoms with Crippen LogP contribution in [0.4, 0.5) is 5.82 Å². The second-order valence-corrected chi connectivity index (χ2v) is 4.39. The Balaban J connectivity index is 2.17. The van der Waals surface area contributed by atoms with Crippen LogP contribution in [0.3, 0.4) is 0 Å². The predicted molar refractivity (Wildman–Crippen MR) is 55.3 cm³/mol. The lowest BCUT2D eigenvalue weighted by Crippen LogP contribution is -2.36. The zero-order valence-corrected chi connectivity index (χ0v) is 8.50. The van der Waals surface area contributed by atoms with E-state index < -0.39 is 0 Å². The van der Waals surface area contributed by atoms with Crippen molar-refractivity contribution in [3.63, 3.8) is 0 Å². The van der Waals surface area contributed by atoms with Gasteiger partial charge in [-0.3, -0.25) is 4.79 Å². The van der Waals surface area contributed by atoms with Gasteiger partial charge in [-0.05, 0) is 32.6 Å². The summed E-state index contributed by atoms with van der Waals surface area (Å²) in [7, 11) is 0. The summed E-state index contributed by atoms with van der Waals surface area (Å²) in [5, 5.41) is 3.19. The first-order valence-electron chi connectivity index (χ1n) is 4.91. The van der Waals surface area contributed by atoms with Gasteiger partial charge in [0.05, 0.1) is 0 Å². The SMILES string of the molecule is CC(C)(Nc1ncc[nH]c1=O)C1CC1. The molecular formula is C10H15N3O. The quantitative estimate of drug-likeness (QED) is 0.762. The normalized spacial score (nSPS) is 16.7. The van der Waals surface area contributed by atoms with Crippen LogP contribution in [0.1, 0.15) is 26.7 Å². The highest BCUT2D eigenvalue weighted by Gasteiger charge is 2.38. The number of anilines is 1. The minimum Gasteiger partial charge on any atom is -0.360 e. The Morgan fingerprint density at radius 2 is 2.29 bits per heavy atom. The molecule has 1 aliphatic carbocycles. The lowest BCUT2D eigenvalue weighted by Gasteiger charge is -2.26. The molecule has 0 aliphatic heterocycles. The first-order valence-corrected chi connectivity index (χ1v) is 4.91. The van der Waals surface area contributed by atoms with Crippen LogP contribution in [-0.4, -0.2) is 15.5 Å². The third-order valence-corrected chi connectivity index (χ3v) is 2.75. The summed E-state index contributed by atoms with van der Waals surface area (Å²) in [6, 6.07) is 0. The number of H-pyrrole nitrogens is 1. The second kappa shape index (κ2) is 3.12. The minimum absolute atomic E-state index is 0.0264. The van der Waals surface area contributed by atoms with E-state index in [0.717, 1.165) is 0 Å². The highest BCUT2D eigenvalue weighted by molar-refractivity contribution is 5.34. The number of nitrogens with one attached hydrogen (secondary N) is 2. The smallest absolute Gasteiger partial charge is 0.290 e. The summed E-state index contributed by atoms with van der Waals surface area (Å²) in [5.41, 5.74) is -0.178. The zero-order valence-electron chi connectivity index (χ0n) is 8.50. The van der Waals surface area contributed by atoms with Gasteiger partial charge < -0.3 is 10.3 Å². The van der Waals surface area contributed by atoms with E-state index in [1.807, 2.05) is 0 Å². The molecule has 1 aromatic rings. The third kappa shape index (κ3) is 1.78. The lowest BCUT2D eigenvalue weighted by molar-refractivity contribution is 0.491. The molecule has 0 unspecified atom stereocenters. The largest absolute Gasteiger partial charge is 0.360 e. The lowest BCUT2D eigenvalue weighted by atomic mass is 9.99. The van der Waals surface area contributed by atoms with Crippen molar-refractivity contribution < 1.29 is 0 Å². The van der Waals surface area contributed by atoms with E-state index in [1.165, 1.54) is 19.0 Å². The second-order valence-electron chi connectivity index (χ2n) is 4.39. The van der Waals surface area contributed by atoms with Gasteiger partial charge in [0.15, 0.2) is 5.82 Å². The van der Waals surface area contributed by atoms with E-state index in [4.69, 9.17) is 0 Å². The van der Waals surface area contributed by atoms with Crippen LogP contribution in [0.2, 0.25) is 0 Å². The molecule has 0 bridgehead atoms. The van der Waals surface area contributed by atoms with Crippen LogP contribution in [0.15, 0.2) is 17.2 Å². The Morgan fingerprint density at radius 3 is 2.86 bits per heavy atom. The molecule has 0 amide bonds. The van der Waals surface area contributed by atoms with Crippen molar-refractivity contribution in [2.45, 2.75) is 32.2 Å². The van der Waals surface area contributed by atoms with Gasteiger partial charge in [0.25, 0.3) is 5.56 Å². The van der Waals surface area contributed by atoms with Gasteiger partial charge in [-0.2, -0.15) is 0 Å². The van der Waals surface area contributed by atoms with Gasteiger partial charge in [0.2, 0.25) is 0 Å². The van der Waals surface area contributed by atoms with E-state index in [-0.39, 0.29) is 11.1 Å².